The second kappa shape index (κ2) is 8.94. The third kappa shape index (κ3) is 5.64. The van der Waals surface area contributed by atoms with E-state index in [1.165, 1.54) is 6.33 Å². The van der Waals surface area contributed by atoms with Gasteiger partial charge in [0.25, 0.3) is 5.85 Å². The predicted octanol–water partition coefficient (Wildman–Crippen LogP) is 3.78. The first kappa shape index (κ1) is 20.1. The Morgan fingerprint density at radius 2 is 2.08 bits per heavy atom. The summed E-state index contributed by atoms with van der Waals surface area (Å²) in [5.74, 6) is -1.94. The van der Waals surface area contributed by atoms with Crippen molar-refractivity contribution in [1.29, 1.82) is 0 Å². The van der Waals surface area contributed by atoms with Gasteiger partial charge in [0.2, 0.25) is 0 Å². The molecular formula is C14H21Cl2N6O2P. The molecule has 0 aliphatic carbocycles. The van der Waals surface area contributed by atoms with Crippen molar-refractivity contribution in [2.45, 2.75) is 27.3 Å². The van der Waals surface area contributed by atoms with Crippen molar-refractivity contribution in [2.75, 3.05) is 26.0 Å². The molecule has 0 fully saturated rings. The maximum Gasteiger partial charge on any atom is 0.277 e. The maximum absolute atomic E-state index is 11.2. The first-order chi connectivity index (χ1) is 11.9. The van der Waals surface area contributed by atoms with Crippen LogP contribution in [0, 0.1) is 6.92 Å². The second-order valence-corrected chi connectivity index (χ2v) is 10.4. The number of rotatable bonds is 9. The summed E-state index contributed by atoms with van der Waals surface area (Å²) in [6.45, 7) is 8.49. The molecule has 0 amide bonds. The van der Waals surface area contributed by atoms with Crippen molar-refractivity contribution in [3.05, 3.63) is 12.2 Å². The zero-order chi connectivity index (χ0) is 18.4. The van der Waals surface area contributed by atoms with Gasteiger partial charge in [-0.25, -0.2) is 19.9 Å². The first-order valence-electron chi connectivity index (χ1n) is 7.88. The molecule has 0 saturated carbocycles. The van der Waals surface area contributed by atoms with Gasteiger partial charge in [0.15, 0.2) is 17.0 Å². The topological polar surface area (TPSA) is 85.5 Å². The third-order valence-electron chi connectivity index (χ3n) is 3.56. The highest BCUT2D eigenvalue weighted by Crippen LogP contribution is 2.56. The number of imidazole rings is 1. The van der Waals surface area contributed by atoms with Gasteiger partial charge < -0.3 is 14.2 Å². The van der Waals surface area contributed by atoms with Crippen LogP contribution >= 0.6 is 28.3 Å². The summed E-state index contributed by atoms with van der Waals surface area (Å²) in [5, 5.41) is 0. The van der Waals surface area contributed by atoms with Gasteiger partial charge in [0, 0.05) is 19.6 Å². The SMILES string of the molecule is CCN(/C=N\c1ncnc2c1nc(C)n2CCOCP(=O)(Cl)Cl)CC. The number of ether oxygens (including phenoxy) is 1. The molecule has 0 aliphatic heterocycles. The van der Waals surface area contributed by atoms with E-state index in [0.29, 0.717) is 23.5 Å². The van der Waals surface area contributed by atoms with Crippen LogP contribution in [-0.4, -0.2) is 56.8 Å². The fourth-order valence-corrected chi connectivity index (χ4v) is 3.00. The van der Waals surface area contributed by atoms with Gasteiger partial charge in [0.1, 0.15) is 18.5 Å². The minimum atomic E-state index is -3.22. The smallest absolute Gasteiger partial charge is 0.277 e. The molecule has 2 heterocycles. The number of aromatic nitrogens is 4. The molecule has 0 N–H and O–H groups in total. The van der Waals surface area contributed by atoms with Crippen molar-refractivity contribution in [3.8, 4) is 0 Å². The maximum atomic E-state index is 11.2. The average molecular weight is 407 g/mol. The lowest BCUT2D eigenvalue weighted by Gasteiger charge is -2.13. The van der Waals surface area contributed by atoms with Gasteiger partial charge in [-0.05, 0) is 43.3 Å². The van der Waals surface area contributed by atoms with E-state index >= 15 is 0 Å². The highest BCUT2D eigenvalue weighted by Gasteiger charge is 2.15. The van der Waals surface area contributed by atoms with Gasteiger partial charge in [-0.1, -0.05) is 0 Å². The molecule has 0 bridgehead atoms. The normalized spacial score (nSPS) is 12.4. The number of hydrogen-bond acceptors (Lipinski definition) is 6. The van der Waals surface area contributed by atoms with Crippen molar-refractivity contribution in [3.63, 3.8) is 0 Å². The fourth-order valence-electron chi connectivity index (χ4n) is 2.25. The highest BCUT2D eigenvalue weighted by atomic mass is 35.9. The molecule has 0 aliphatic rings. The molecule has 25 heavy (non-hydrogen) atoms. The second-order valence-electron chi connectivity index (χ2n) is 5.25. The summed E-state index contributed by atoms with van der Waals surface area (Å²) in [7, 11) is 0. The quantitative estimate of drug-likeness (QED) is 0.272. The Morgan fingerprint density at radius 1 is 1.36 bits per heavy atom. The van der Waals surface area contributed by atoms with Crippen LogP contribution in [0.3, 0.4) is 0 Å². The predicted molar refractivity (Wildman–Crippen MR) is 101 cm³/mol. The highest BCUT2D eigenvalue weighted by molar-refractivity contribution is 8.08. The Bertz CT molecular complexity index is 787. The molecule has 0 unspecified atom stereocenters. The van der Waals surface area contributed by atoms with Crippen LogP contribution in [0.25, 0.3) is 11.2 Å². The van der Waals surface area contributed by atoms with E-state index in [1.807, 2.05) is 11.5 Å². The molecular weight excluding hydrogens is 386 g/mol. The summed E-state index contributed by atoms with van der Waals surface area (Å²) in [5.41, 5.74) is 1.30. The van der Waals surface area contributed by atoms with Gasteiger partial charge >= 0.3 is 0 Å². The minimum Gasteiger partial charge on any atom is -0.369 e. The van der Waals surface area contributed by atoms with Crippen molar-refractivity contribution in [1.82, 2.24) is 24.4 Å². The first-order valence-corrected chi connectivity index (χ1v) is 11.6. The molecule has 0 saturated heterocycles. The van der Waals surface area contributed by atoms with Gasteiger partial charge in [-0.15, -0.1) is 0 Å². The van der Waals surface area contributed by atoms with E-state index in [9.17, 15) is 4.57 Å². The molecule has 2 aromatic heterocycles. The number of nitrogens with zero attached hydrogens (tertiary/aromatic N) is 6. The third-order valence-corrected chi connectivity index (χ3v) is 4.63. The van der Waals surface area contributed by atoms with Crippen LogP contribution < -0.4 is 0 Å². The Hall–Kier alpha value is -1.21. The average Bonchev–Trinajstić information content (AvgIpc) is 2.88. The van der Waals surface area contributed by atoms with Crippen LogP contribution in [0.4, 0.5) is 5.82 Å². The Kier molecular flexibility index (Phi) is 7.19. The molecule has 11 heteroatoms. The lowest BCUT2D eigenvalue weighted by Crippen LogP contribution is -2.20. The fraction of sp³-hybridized carbons (Fsp3) is 0.571. The van der Waals surface area contributed by atoms with E-state index in [1.54, 1.807) is 6.34 Å². The van der Waals surface area contributed by atoms with Crippen molar-refractivity contribution < 1.29 is 9.30 Å². The molecule has 0 atom stereocenters. The van der Waals surface area contributed by atoms with Crippen LogP contribution in [0.5, 0.6) is 0 Å². The van der Waals surface area contributed by atoms with Gasteiger partial charge in [0.05, 0.1) is 12.9 Å². The molecule has 2 rings (SSSR count). The Balaban J connectivity index is 2.19. The number of aryl methyl sites for hydroxylation is 1. The largest absolute Gasteiger partial charge is 0.369 e. The summed E-state index contributed by atoms with van der Waals surface area (Å²) in [4.78, 5) is 19.5. The number of halogens is 2. The Morgan fingerprint density at radius 3 is 2.72 bits per heavy atom. The van der Waals surface area contributed by atoms with Gasteiger partial charge in [-0.2, -0.15) is 0 Å². The van der Waals surface area contributed by atoms with E-state index in [-0.39, 0.29) is 13.0 Å². The van der Waals surface area contributed by atoms with Crippen LogP contribution in [0.15, 0.2) is 11.3 Å². The zero-order valence-electron chi connectivity index (χ0n) is 14.4. The summed E-state index contributed by atoms with van der Waals surface area (Å²) < 4.78 is 18.4. The number of hydrogen-bond donors (Lipinski definition) is 0. The van der Waals surface area contributed by atoms with Gasteiger partial charge in [-0.3, -0.25) is 4.57 Å². The monoisotopic (exact) mass is 406 g/mol. The van der Waals surface area contributed by atoms with Crippen LogP contribution in [-0.2, 0) is 15.8 Å². The van der Waals surface area contributed by atoms with E-state index in [2.05, 4.69) is 38.7 Å². The Labute approximate surface area is 156 Å². The van der Waals surface area contributed by atoms with Crippen molar-refractivity contribution >= 4 is 51.6 Å². The molecule has 138 valence electrons. The van der Waals surface area contributed by atoms with E-state index < -0.39 is 5.85 Å². The molecule has 0 radical (unpaired) electrons. The zero-order valence-corrected chi connectivity index (χ0v) is 16.8. The summed E-state index contributed by atoms with van der Waals surface area (Å²) >= 11 is 10.9. The minimum absolute atomic E-state index is 0.184. The lowest BCUT2D eigenvalue weighted by molar-refractivity contribution is 0.168. The van der Waals surface area contributed by atoms with E-state index in [4.69, 9.17) is 27.2 Å². The van der Waals surface area contributed by atoms with Crippen LogP contribution in [0.1, 0.15) is 19.7 Å². The van der Waals surface area contributed by atoms with E-state index in [0.717, 1.165) is 18.9 Å². The summed E-state index contributed by atoms with van der Waals surface area (Å²) in [6, 6.07) is 0. The molecule has 0 spiro atoms. The summed E-state index contributed by atoms with van der Waals surface area (Å²) in [6.07, 6.45) is 3.04. The molecule has 0 aromatic carbocycles. The number of fused-ring (bicyclic) bond motifs is 1. The number of aliphatic imine (C=N–C) groups is 1. The van der Waals surface area contributed by atoms with Crippen LogP contribution in [0.2, 0.25) is 0 Å². The lowest BCUT2D eigenvalue weighted by atomic mass is 10.5. The standard InChI is InChI=1S/C14H21Cl2N6O2P/c1-4-21(5-2)9-19-13-12-14(18-8-17-13)22(11(3)20-12)6-7-24-10-25(15,16)23/h8-9H,4-7,10H2,1-3H3/b19-9-. The molecule has 2 aromatic rings. The molecule has 8 nitrogen and oxygen atoms in total. The van der Waals surface area contributed by atoms with Crippen molar-refractivity contribution in [2.24, 2.45) is 4.99 Å².